The number of anilines is 2. The van der Waals surface area contributed by atoms with E-state index in [-0.39, 0.29) is 23.3 Å². The van der Waals surface area contributed by atoms with Gasteiger partial charge in [0, 0.05) is 62.2 Å². The number of nitrogens with zero attached hydrogens (tertiary/aromatic N) is 7. The van der Waals surface area contributed by atoms with Crippen LogP contribution in [0.1, 0.15) is 60.3 Å². The van der Waals surface area contributed by atoms with E-state index in [0.717, 1.165) is 48.9 Å². The first kappa shape index (κ1) is 37.6. The van der Waals surface area contributed by atoms with Gasteiger partial charge in [0.25, 0.3) is 0 Å². The van der Waals surface area contributed by atoms with Gasteiger partial charge in [0.1, 0.15) is 0 Å². The third kappa shape index (κ3) is 8.27. The number of rotatable bonds is 8. The molecule has 13 nitrogen and oxygen atoms in total. The van der Waals surface area contributed by atoms with Crippen molar-refractivity contribution in [2.45, 2.75) is 55.5 Å². The second kappa shape index (κ2) is 16.0. The van der Waals surface area contributed by atoms with Crippen molar-refractivity contribution in [3.8, 4) is 11.8 Å². The molecule has 15 heteroatoms. The number of urea groups is 1. The summed E-state index contributed by atoms with van der Waals surface area (Å²) in [5.41, 5.74) is 4.97. The molecule has 2 aromatic heterocycles. The molecule has 0 aliphatic carbocycles. The maximum atomic E-state index is 13.5. The van der Waals surface area contributed by atoms with Gasteiger partial charge in [-0.3, -0.25) is 24.6 Å². The molecule has 56 heavy (non-hydrogen) atoms. The van der Waals surface area contributed by atoms with E-state index in [4.69, 9.17) is 11.6 Å². The highest BCUT2D eigenvalue weighted by atomic mass is 35.5. The van der Waals surface area contributed by atoms with E-state index < -0.39 is 16.1 Å². The molecule has 3 amide bonds. The Balaban J connectivity index is 0.834. The summed E-state index contributed by atoms with van der Waals surface area (Å²) in [7, 11) is -1.78. The van der Waals surface area contributed by atoms with Crippen LogP contribution in [-0.2, 0) is 28.4 Å². The number of carbonyl (C=O) groups is 2. The standard InChI is InChI=1S/C41H42ClN9O4S/c1-48-37-24-32(11-12-36(37)39(47-48)51-22-17-38(52)46-41(51)53)31-13-18-49(19-14-31)27-30-9-6-28(7-10-30)5-8-29-3-2-4-35(23-29)56(54,55)50-20-15-34(16-21-50)45-40-43-25-33(42)26-44-40/h2-4,6-7,9-12,23-26,31,34H,13-22,27H2,1H3,(H,43,44,45)(H,46,52,53). The van der Waals surface area contributed by atoms with E-state index in [1.165, 1.54) is 27.8 Å². The van der Waals surface area contributed by atoms with Crippen LogP contribution in [0.2, 0.25) is 5.02 Å². The molecule has 0 spiro atoms. The minimum absolute atomic E-state index is 0.0723. The maximum absolute atomic E-state index is 13.5. The fourth-order valence-electron chi connectivity index (χ4n) is 7.69. The molecule has 3 aliphatic heterocycles. The smallest absolute Gasteiger partial charge is 0.329 e. The van der Waals surface area contributed by atoms with Crippen molar-refractivity contribution in [2.75, 3.05) is 42.9 Å². The van der Waals surface area contributed by atoms with Gasteiger partial charge in [-0.25, -0.2) is 23.2 Å². The Bertz CT molecular complexity index is 2430. The number of aryl methyl sites for hydroxylation is 1. The molecule has 5 heterocycles. The van der Waals surface area contributed by atoms with Crippen molar-refractivity contribution >= 4 is 56.2 Å². The molecule has 5 aromatic rings. The first-order valence-electron chi connectivity index (χ1n) is 18.8. The molecule has 0 bridgehead atoms. The number of aromatic nitrogens is 4. The zero-order valence-electron chi connectivity index (χ0n) is 31.0. The number of hydrogen-bond acceptors (Lipinski definition) is 9. The largest absolute Gasteiger partial charge is 0.351 e. The number of piperidine rings is 2. The van der Waals surface area contributed by atoms with E-state index in [1.54, 1.807) is 23.1 Å². The fraction of sp³-hybridized carbons (Fsp3) is 0.341. The highest BCUT2D eigenvalue weighted by Gasteiger charge is 2.31. The molecule has 0 atom stereocenters. The summed E-state index contributed by atoms with van der Waals surface area (Å²) in [6.07, 6.45) is 6.68. The van der Waals surface area contributed by atoms with Gasteiger partial charge < -0.3 is 5.32 Å². The van der Waals surface area contributed by atoms with Gasteiger partial charge in [-0.1, -0.05) is 47.7 Å². The number of nitrogens with one attached hydrogen (secondary N) is 2. The van der Waals surface area contributed by atoms with Crippen LogP contribution in [0.15, 0.2) is 84.0 Å². The highest BCUT2D eigenvalue weighted by molar-refractivity contribution is 7.89. The van der Waals surface area contributed by atoms with Crippen molar-refractivity contribution in [1.82, 2.24) is 34.3 Å². The number of hydrogen-bond donors (Lipinski definition) is 2. The summed E-state index contributed by atoms with van der Waals surface area (Å²) < 4.78 is 30.4. The lowest BCUT2D eigenvalue weighted by atomic mass is 9.89. The first-order chi connectivity index (χ1) is 27.1. The topological polar surface area (TPSA) is 146 Å². The van der Waals surface area contributed by atoms with Crippen molar-refractivity contribution in [3.05, 3.63) is 106 Å². The molecule has 288 valence electrons. The van der Waals surface area contributed by atoms with Gasteiger partial charge in [-0.15, -0.1) is 0 Å². The Morgan fingerprint density at radius 2 is 1.61 bits per heavy atom. The van der Waals surface area contributed by atoms with E-state index in [2.05, 4.69) is 72.8 Å². The van der Waals surface area contributed by atoms with Crippen molar-refractivity contribution in [1.29, 1.82) is 0 Å². The lowest BCUT2D eigenvalue weighted by molar-refractivity contribution is -0.120. The number of sulfonamides is 1. The number of amides is 3. The van der Waals surface area contributed by atoms with Crippen LogP contribution >= 0.6 is 11.6 Å². The number of likely N-dealkylation sites (tertiary alicyclic amines) is 1. The van der Waals surface area contributed by atoms with Crippen LogP contribution in [0, 0.1) is 11.8 Å². The summed E-state index contributed by atoms with van der Waals surface area (Å²) >= 11 is 5.88. The minimum Gasteiger partial charge on any atom is -0.351 e. The van der Waals surface area contributed by atoms with Gasteiger partial charge in [-0.05, 0) is 98.3 Å². The van der Waals surface area contributed by atoms with Crippen molar-refractivity contribution < 1.29 is 18.0 Å². The Morgan fingerprint density at radius 3 is 2.34 bits per heavy atom. The molecular formula is C41H42ClN9O4S. The third-order valence-electron chi connectivity index (χ3n) is 10.8. The Morgan fingerprint density at radius 1 is 0.875 bits per heavy atom. The van der Waals surface area contributed by atoms with Crippen molar-refractivity contribution in [3.63, 3.8) is 0 Å². The first-order valence-corrected chi connectivity index (χ1v) is 20.7. The van der Waals surface area contributed by atoms with Crippen LogP contribution in [0.5, 0.6) is 0 Å². The Labute approximate surface area is 331 Å². The van der Waals surface area contributed by atoms with Gasteiger partial charge in [0.05, 0.1) is 27.8 Å². The van der Waals surface area contributed by atoms with E-state index >= 15 is 0 Å². The van der Waals surface area contributed by atoms with Gasteiger partial charge in [0.15, 0.2) is 5.82 Å². The lowest BCUT2D eigenvalue weighted by Gasteiger charge is -2.32. The summed E-state index contributed by atoms with van der Waals surface area (Å²) in [4.78, 5) is 36.7. The van der Waals surface area contributed by atoms with Crippen LogP contribution in [-0.4, -0.2) is 88.1 Å². The van der Waals surface area contributed by atoms with Gasteiger partial charge in [-0.2, -0.15) is 9.40 Å². The normalized spacial score (nSPS) is 17.8. The maximum Gasteiger partial charge on any atom is 0.329 e. The molecule has 3 saturated heterocycles. The predicted molar refractivity (Wildman–Crippen MR) is 215 cm³/mol. The monoisotopic (exact) mass is 791 g/mol. The summed E-state index contributed by atoms with van der Waals surface area (Å²) in [6, 6.07) is 21.2. The summed E-state index contributed by atoms with van der Waals surface area (Å²) in [5.74, 6) is 7.59. The second-order valence-corrected chi connectivity index (χ2v) is 16.9. The van der Waals surface area contributed by atoms with Crippen LogP contribution < -0.4 is 15.5 Å². The molecule has 8 rings (SSSR count). The summed E-state index contributed by atoms with van der Waals surface area (Å²) in [6.45, 7) is 3.93. The van der Waals surface area contributed by atoms with Crippen molar-refractivity contribution in [2.24, 2.45) is 7.05 Å². The predicted octanol–water partition coefficient (Wildman–Crippen LogP) is 5.51. The minimum atomic E-state index is -3.67. The Hall–Kier alpha value is -5.33. The zero-order valence-corrected chi connectivity index (χ0v) is 32.6. The summed E-state index contributed by atoms with van der Waals surface area (Å²) in [5, 5.41) is 11.6. The molecule has 3 fully saturated rings. The highest BCUT2D eigenvalue weighted by Crippen LogP contribution is 2.34. The molecule has 0 saturated carbocycles. The van der Waals surface area contributed by atoms with Crippen LogP contribution in [0.4, 0.5) is 16.6 Å². The number of fused-ring (bicyclic) bond motifs is 1. The van der Waals surface area contributed by atoms with E-state index in [1.807, 2.05) is 29.9 Å². The van der Waals surface area contributed by atoms with Crippen LogP contribution in [0.3, 0.4) is 0 Å². The fourth-order valence-corrected chi connectivity index (χ4v) is 9.30. The molecular weight excluding hydrogens is 750 g/mol. The average Bonchev–Trinajstić information content (AvgIpc) is 3.54. The molecule has 3 aliphatic rings. The number of imide groups is 1. The second-order valence-electron chi connectivity index (χ2n) is 14.6. The lowest BCUT2D eigenvalue weighted by Crippen LogP contribution is -2.49. The van der Waals surface area contributed by atoms with Gasteiger partial charge >= 0.3 is 6.03 Å². The molecule has 3 aromatic carbocycles. The zero-order chi connectivity index (χ0) is 38.8. The molecule has 0 radical (unpaired) electrons. The van der Waals surface area contributed by atoms with E-state index in [0.29, 0.717) is 60.7 Å². The van der Waals surface area contributed by atoms with E-state index in [9.17, 15) is 18.0 Å². The molecule has 2 N–H and O–H groups in total. The number of carbonyl (C=O) groups excluding carboxylic acids is 2. The quantitative estimate of drug-likeness (QED) is 0.195. The Kier molecular flexibility index (Phi) is 10.8. The number of halogens is 1. The SMILES string of the molecule is Cn1nc(N2CCC(=O)NC2=O)c2ccc(C3CCN(Cc4ccc(C#Cc5cccc(S(=O)(=O)N6CCC(Nc7ncc(Cl)cn7)CC6)c5)cc4)CC3)cc21. The third-order valence-corrected chi connectivity index (χ3v) is 12.9. The van der Waals surface area contributed by atoms with Crippen LogP contribution in [0.25, 0.3) is 10.9 Å². The number of benzene rings is 3. The van der Waals surface area contributed by atoms with Gasteiger partial charge in [0.2, 0.25) is 21.9 Å². The molecule has 0 unspecified atom stereocenters. The average molecular weight is 792 g/mol.